The van der Waals surface area contributed by atoms with E-state index in [1.807, 2.05) is 18.2 Å². The van der Waals surface area contributed by atoms with Crippen LogP contribution in [0.4, 0.5) is 9.59 Å². The second-order valence-electron chi connectivity index (χ2n) is 10.0. The van der Waals surface area contributed by atoms with Crippen LogP contribution in [-0.4, -0.2) is 93.9 Å². The fraction of sp³-hybridized carbons (Fsp3) is 0.704. The predicted molar refractivity (Wildman–Crippen MR) is 145 cm³/mol. The van der Waals surface area contributed by atoms with Crippen molar-refractivity contribution in [3.63, 3.8) is 0 Å². The molecule has 1 saturated heterocycles. The first-order chi connectivity index (χ1) is 18.4. The number of nitrogens with one attached hydrogen (secondary N) is 3. The Morgan fingerprint density at radius 2 is 2.05 bits per heavy atom. The van der Waals surface area contributed by atoms with Crippen molar-refractivity contribution in [3.05, 3.63) is 34.9 Å². The number of alkyl carbamates (subject to hydrolysis) is 1. The van der Waals surface area contributed by atoms with Gasteiger partial charge in [0.25, 0.3) is 0 Å². The molecule has 0 unspecified atom stereocenters. The molecule has 11 heteroatoms. The predicted octanol–water partition coefficient (Wildman–Crippen LogP) is 3.08. The summed E-state index contributed by atoms with van der Waals surface area (Å²) in [5, 5.41) is 20.1. The van der Waals surface area contributed by atoms with Gasteiger partial charge < -0.3 is 40.2 Å². The number of benzene rings is 1. The number of urea groups is 1. The van der Waals surface area contributed by atoms with Crippen LogP contribution < -0.4 is 16.0 Å². The highest BCUT2D eigenvalue weighted by Gasteiger charge is 2.34. The molecule has 1 aliphatic carbocycles. The molecule has 214 valence electrons. The molecule has 4 N–H and O–H groups in total. The maximum Gasteiger partial charge on any atom is 0.406 e. The van der Waals surface area contributed by atoms with Crippen LogP contribution in [0, 0.1) is 5.92 Å². The van der Waals surface area contributed by atoms with Gasteiger partial charge in [-0.05, 0) is 37.1 Å². The third-order valence-corrected chi connectivity index (χ3v) is 7.48. The standard InChI is InChI=1S/C27H43ClN4O6/c1-29-17-23(33)22(15-19-7-4-3-5-8-19)31-26(34)32-12-14-37-24(18-32)25(20-9-6-10-21(28)16-20)38-13-11-30-27(35)36-2/h6,9-10,16,19,22-25,29,33H,3-5,7-8,11-15,17-18H2,1-2H3,(H,30,35)(H,31,34)/t22-,23+,24+,25-/m0/s1. The van der Waals surface area contributed by atoms with Crippen LogP contribution in [0.15, 0.2) is 24.3 Å². The summed E-state index contributed by atoms with van der Waals surface area (Å²) in [4.78, 5) is 26.5. The van der Waals surface area contributed by atoms with E-state index in [1.165, 1.54) is 26.4 Å². The number of halogens is 1. The fourth-order valence-electron chi connectivity index (χ4n) is 5.25. The zero-order valence-corrected chi connectivity index (χ0v) is 23.3. The lowest BCUT2D eigenvalue weighted by Gasteiger charge is -2.38. The maximum absolute atomic E-state index is 13.4. The lowest BCUT2D eigenvalue weighted by molar-refractivity contribution is -0.105. The number of hydrogen-bond donors (Lipinski definition) is 4. The molecule has 1 aromatic rings. The van der Waals surface area contributed by atoms with Crippen LogP contribution in [0.1, 0.15) is 50.2 Å². The summed E-state index contributed by atoms with van der Waals surface area (Å²) in [6.45, 7) is 1.99. The van der Waals surface area contributed by atoms with E-state index in [1.54, 1.807) is 18.0 Å². The zero-order chi connectivity index (χ0) is 27.3. The van der Waals surface area contributed by atoms with Gasteiger partial charge in [0.1, 0.15) is 12.2 Å². The molecule has 0 aromatic heterocycles. The van der Waals surface area contributed by atoms with Crippen molar-refractivity contribution < 1.29 is 28.9 Å². The molecule has 10 nitrogen and oxygen atoms in total. The van der Waals surface area contributed by atoms with Gasteiger partial charge in [-0.3, -0.25) is 0 Å². The summed E-state index contributed by atoms with van der Waals surface area (Å²) in [5.74, 6) is 0.511. The number of aliphatic hydroxyl groups is 1. The number of aliphatic hydroxyl groups excluding tert-OH is 1. The highest BCUT2D eigenvalue weighted by molar-refractivity contribution is 6.30. The first-order valence-corrected chi connectivity index (χ1v) is 14.0. The number of likely N-dealkylation sites (N-methyl/N-ethyl adjacent to an activating group) is 1. The summed E-state index contributed by atoms with van der Waals surface area (Å²) in [6, 6.07) is 6.80. The summed E-state index contributed by atoms with van der Waals surface area (Å²) >= 11 is 6.25. The number of methoxy groups -OCH3 is 1. The second-order valence-corrected chi connectivity index (χ2v) is 10.5. The Hall–Kier alpha value is -2.11. The molecule has 38 heavy (non-hydrogen) atoms. The first kappa shape index (κ1) is 30.4. The highest BCUT2D eigenvalue weighted by Crippen LogP contribution is 2.30. The van der Waals surface area contributed by atoms with Crippen LogP contribution in [-0.2, 0) is 14.2 Å². The number of morpholine rings is 1. The lowest BCUT2D eigenvalue weighted by Crippen LogP contribution is -2.56. The van der Waals surface area contributed by atoms with E-state index in [0.29, 0.717) is 37.2 Å². The van der Waals surface area contributed by atoms with Crippen LogP contribution in [0.25, 0.3) is 0 Å². The lowest BCUT2D eigenvalue weighted by atomic mass is 9.83. The Morgan fingerprint density at radius 3 is 2.76 bits per heavy atom. The summed E-state index contributed by atoms with van der Waals surface area (Å²) < 4.78 is 16.8. The number of amides is 3. The van der Waals surface area contributed by atoms with Crippen molar-refractivity contribution in [1.29, 1.82) is 0 Å². The maximum atomic E-state index is 13.4. The van der Waals surface area contributed by atoms with Gasteiger partial charge in [-0.2, -0.15) is 0 Å². The molecule has 1 saturated carbocycles. The Morgan fingerprint density at radius 1 is 1.26 bits per heavy atom. The molecular formula is C27H43ClN4O6. The van der Waals surface area contributed by atoms with E-state index in [4.69, 9.17) is 21.1 Å². The van der Waals surface area contributed by atoms with E-state index in [0.717, 1.165) is 24.8 Å². The van der Waals surface area contributed by atoms with Crippen LogP contribution in [0.2, 0.25) is 5.02 Å². The largest absolute Gasteiger partial charge is 0.453 e. The van der Waals surface area contributed by atoms with Crippen molar-refractivity contribution in [2.45, 2.75) is 62.9 Å². The molecule has 1 aliphatic heterocycles. The normalized spacial score (nSPS) is 20.8. The molecule has 0 radical (unpaired) electrons. The number of rotatable bonds is 12. The Balaban J connectivity index is 1.66. The SMILES string of the molecule is CNC[C@@H](O)[C@H](CC1CCCCC1)NC(=O)N1CCO[C@@H]([C@@H](OCCNC(=O)OC)c2cccc(Cl)c2)C1. The van der Waals surface area contributed by atoms with Crippen LogP contribution >= 0.6 is 11.6 Å². The van der Waals surface area contributed by atoms with Gasteiger partial charge >= 0.3 is 12.1 Å². The van der Waals surface area contributed by atoms with Gasteiger partial charge in [-0.25, -0.2) is 9.59 Å². The topological polar surface area (TPSA) is 121 Å². The van der Waals surface area contributed by atoms with Gasteiger partial charge in [0.05, 0.1) is 39.0 Å². The van der Waals surface area contributed by atoms with Crippen molar-refractivity contribution in [2.75, 3.05) is 53.6 Å². The average Bonchev–Trinajstić information content (AvgIpc) is 2.93. The number of hydrogen-bond acceptors (Lipinski definition) is 7. The molecule has 3 amide bonds. The number of carbonyl (C=O) groups is 2. The zero-order valence-electron chi connectivity index (χ0n) is 22.5. The molecule has 2 aliphatic rings. The van der Waals surface area contributed by atoms with Gasteiger partial charge in [0, 0.05) is 24.7 Å². The van der Waals surface area contributed by atoms with Gasteiger partial charge in [-0.15, -0.1) is 0 Å². The first-order valence-electron chi connectivity index (χ1n) is 13.6. The number of nitrogens with zero attached hydrogens (tertiary/aromatic N) is 1. The minimum absolute atomic E-state index is 0.216. The van der Waals surface area contributed by atoms with Crippen molar-refractivity contribution in [2.24, 2.45) is 5.92 Å². The molecule has 0 bridgehead atoms. The molecule has 3 rings (SSSR count). The van der Waals surface area contributed by atoms with E-state index >= 15 is 0 Å². The van der Waals surface area contributed by atoms with Gasteiger partial charge in [0.15, 0.2) is 0 Å². The monoisotopic (exact) mass is 554 g/mol. The molecule has 4 atom stereocenters. The van der Waals surface area contributed by atoms with E-state index < -0.39 is 24.4 Å². The minimum Gasteiger partial charge on any atom is -0.453 e. The third-order valence-electron chi connectivity index (χ3n) is 7.25. The van der Waals surface area contributed by atoms with Crippen LogP contribution in [0.3, 0.4) is 0 Å². The second kappa shape index (κ2) is 16.1. The Bertz CT molecular complexity index is 872. The number of carbonyl (C=O) groups excluding carboxylic acids is 2. The van der Waals surface area contributed by atoms with Crippen molar-refractivity contribution in [3.8, 4) is 0 Å². The average molecular weight is 555 g/mol. The van der Waals surface area contributed by atoms with Crippen LogP contribution in [0.5, 0.6) is 0 Å². The molecule has 0 spiro atoms. The van der Waals surface area contributed by atoms with E-state index in [-0.39, 0.29) is 25.2 Å². The molecule has 1 aromatic carbocycles. The Labute approximate surface area is 230 Å². The van der Waals surface area contributed by atoms with Crippen molar-refractivity contribution >= 4 is 23.7 Å². The van der Waals surface area contributed by atoms with E-state index in [9.17, 15) is 14.7 Å². The van der Waals surface area contributed by atoms with E-state index in [2.05, 4.69) is 20.7 Å². The molecule has 2 fully saturated rings. The minimum atomic E-state index is -0.674. The summed E-state index contributed by atoms with van der Waals surface area (Å²) in [6.07, 6.45) is 4.57. The summed E-state index contributed by atoms with van der Waals surface area (Å²) in [7, 11) is 3.10. The van der Waals surface area contributed by atoms with Crippen molar-refractivity contribution in [1.82, 2.24) is 20.9 Å². The summed E-state index contributed by atoms with van der Waals surface area (Å²) in [5.41, 5.74) is 0.822. The molecular weight excluding hydrogens is 512 g/mol. The Kier molecular flexibility index (Phi) is 12.9. The quantitative estimate of drug-likeness (QED) is 0.293. The fourth-order valence-corrected chi connectivity index (χ4v) is 5.45. The third kappa shape index (κ3) is 9.57. The number of ether oxygens (including phenoxy) is 3. The smallest absolute Gasteiger partial charge is 0.406 e. The highest BCUT2D eigenvalue weighted by atomic mass is 35.5. The van der Waals surface area contributed by atoms with Gasteiger partial charge in [-0.1, -0.05) is 55.8 Å². The van der Waals surface area contributed by atoms with Gasteiger partial charge in [0.2, 0.25) is 0 Å². The molecule has 1 heterocycles.